The smallest absolute Gasteiger partial charge is 0.247 e. The van der Waals surface area contributed by atoms with Crippen molar-refractivity contribution in [2.24, 2.45) is 0 Å². The Bertz CT molecular complexity index is 739. The van der Waals surface area contributed by atoms with Crippen LogP contribution in [-0.4, -0.2) is 59.5 Å². The van der Waals surface area contributed by atoms with Gasteiger partial charge in [-0.05, 0) is 31.4 Å². The summed E-state index contributed by atoms with van der Waals surface area (Å²) in [6, 6.07) is 9.77. The summed E-state index contributed by atoms with van der Waals surface area (Å²) in [6.45, 7) is 3.39. The van der Waals surface area contributed by atoms with E-state index in [1.165, 1.54) is 0 Å². The first kappa shape index (κ1) is 18.5. The zero-order valence-electron chi connectivity index (χ0n) is 14.4. The van der Waals surface area contributed by atoms with Crippen LogP contribution in [0.4, 0.5) is 0 Å². The third-order valence-corrected chi connectivity index (χ3v) is 8.36. The highest BCUT2D eigenvalue weighted by Gasteiger charge is 2.47. The van der Waals surface area contributed by atoms with Crippen molar-refractivity contribution in [3.63, 3.8) is 0 Å². The van der Waals surface area contributed by atoms with Gasteiger partial charge in [-0.25, -0.2) is 12.7 Å². The number of rotatable bonds is 4. The molecule has 0 N–H and O–H groups in total. The van der Waals surface area contributed by atoms with Crippen LogP contribution >= 0.6 is 11.8 Å². The molecule has 1 spiro atoms. The second kappa shape index (κ2) is 7.51. The Morgan fingerprint density at radius 2 is 1.88 bits per heavy atom. The van der Waals surface area contributed by atoms with Gasteiger partial charge in [-0.15, -0.1) is 11.8 Å². The molecule has 5 nitrogen and oxygen atoms in total. The van der Waals surface area contributed by atoms with E-state index >= 15 is 0 Å². The van der Waals surface area contributed by atoms with Gasteiger partial charge in [0.2, 0.25) is 15.9 Å². The highest BCUT2D eigenvalue weighted by molar-refractivity contribution is 8.00. The SMILES string of the molecule is CCS(=O)(=O)N1CCC2(CC1)SCCN2C(=O)C=Cc1ccccc1. The molecule has 1 aromatic rings. The predicted molar refractivity (Wildman–Crippen MR) is 103 cm³/mol. The van der Waals surface area contributed by atoms with Crippen LogP contribution in [0.5, 0.6) is 0 Å². The number of hydrogen-bond acceptors (Lipinski definition) is 4. The summed E-state index contributed by atoms with van der Waals surface area (Å²) in [5.74, 6) is 1.06. The van der Waals surface area contributed by atoms with Gasteiger partial charge in [0, 0.05) is 31.5 Å². The normalized spacial score (nSPS) is 21.2. The van der Waals surface area contributed by atoms with Crippen LogP contribution in [0.3, 0.4) is 0 Å². The minimum atomic E-state index is -3.14. The number of nitrogens with zero attached hydrogens (tertiary/aromatic N) is 2. The van der Waals surface area contributed by atoms with E-state index in [-0.39, 0.29) is 16.5 Å². The zero-order chi connectivity index (χ0) is 17.9. The maximum absolute atomic E-state index is 12.7. The van der Waals surface area contributed by atoms with Crippen molar-refractivity contribution >= 4 is 33.8 Å². The molecule has 1 amide bonds. The van der Waals surface area contributed by atoms with Gasteiger partial charge in [0.15, 0.2) is 0 Å². The highest BCUT2D eigenvalue weighted by atomic mass is 32.2. The highest BCUT2D eigenvalue weighted by Crippen LogP contribution is 2.44. The summed E-state index contributed by atoms with van der Waals surface area (Å²) in [5, 5.41) is 0. The standard InChI is InChI=1S/C18H24N2O3S2/c1-2-25(22,23)19-12-10-18(11-13-19)20(14-15-24-18)17(21)9-8-16-6-4-3-5-7-16/h3-9H,2,10-15H2,1H3. The summed E-state index contributed by atoms with van der Waals surface area (Å²) in [5.41, 5.74) is 1.00. The van der Waals surface area contributed by atoms with E-state index in [0.717, 1.165) is 17.9 Å². The van der Waals surface area contributed by atoms with Crippen LogP contribution < -0.4 is 0 Å². The Balaban J connectivity index is 1.69. The lowest BCUT2D eigenvalue weighted by atomic mass is 10.0. The lowest BCUT2D eigenvalue weighted by molar-refractivity contribution is -0.129. The molecule has 0 aliphatic carbocycles. The zero-order valence-corrected chi connectivity index (χ0v) is 16.1. The topological polar surface area (TPSA) is 57.7 Å². The second-order valence-corrected chi connectivity index (χ2v) is 10.0. The molecule has 2 saturated heterocycles. The summed E-state index contributed by atoms with van der Waals surface area (Å²) < 4.78 is 25.7. The number of thioether (sulfide) groups is 1. The molecule has 136 valence electrons. The molecule has 25 heavy (non-hydrogen) atoms. The van der Waals surface area contributed by atoms with Crippen molar-refractivity contribution < 1.29 is 13.2 Å². The van der Waals surface area contributed by atoms with Crippen molar-refractivity contribution in [2.75, 3.05) is 31.1 Å². The number of benzene rings is 1. The number of carbonyl (C=O) groups excluding carboxylic acids is 1. The number of hydrogen-bond donors (Lipinski definition) is 0. The molecule has 2 aliphatic rings. The monoisotopic (exact) mass is 380 g/mol. The van der Waals surface area contributed by atoms with Crippen molar-refractivity contribution in [2.45, 2.75) is 24.6 Å². The van der Waals surface area contributed by atoms with E-state index in [0.29, 0.717) is 25.9 Å². The Morgan fingerprint density at radius 3 is 2.52 bits per heavy atom. The first-order chi connectivity index (χ1) is 12.0. The minimum absolute atomic E-state index is 0.0145. The fourth-order valence-electron chi connectivity index (χ4n) is 3.45. The van der Waals surface area contributed by atoms with Gasteiger partial charge in [0.25, 0.3) is 0 Å². The van der Waals surface area contributed by atoms with E-state index in [1.54, 1.807) is 29.1 Å². The number of piperidine rings is 1. The average molecular weight is 381 g/mol. The molecule has 1 aromatic carbocycles. The molecule has 0 saturated carbocycles. The van der Waals surface area contributed by atoms with E-state index < -0.39 is 10.0 Å². The Labute approximate surface area is 154 Å². The van der Waals surface area contributed by atoms with E-state index in [9.17, 15) is 13.2 Å². The molecule has 0 bridgehead atoms. The van der Waals surface area contributed by atoms with Gasteiger partial charge in [-0.1, -0.05) is 30.3 Å². The van der Waals surface area contributed by atoms with Crippen LogP contribution in [-0.2, 0) is 14.8 Å². The summed E-state index contributed by atoms with van der Waals surface area (Å²) >= 11 is 1.79. The van der Waals surface area contributed by atoms with Crippen LogP contribution in [0.15, 0.2) is 36.4 Å². The molecule has 0 radical (unpaired) electrons. The molecular formula is C18H24N2O3S2. The molecule has 3 rings (SSSR count). The number of carbonyl (C=O) groups is 1. The summed E-state index contributed by atoms with van der Waals surface area (Å²) in [7, 11) is -3.14. The molecule has 0 aromatic heterocycles. The van der Waals surface area contributed by atoms with Crippen LogP contribution in [0, 0.1) is 0 Å². The minimum Gasteiger partial charge on any atom is -0.324 e. The molecular weight excluding hydrogens is 356 g/mol. The van der Waals surface area contributed by atoms with E-state index in [1.807, 2.05) is 41.3 Å². The van der Waals surface area contributed by atoms with Crippen molar-refractivity contribution in [1.29, 1.82) is 0 Å². The van der Waals surface area contributed by atoms with Crippen LogP contribution in [0.2, 0.25) is 0 Å². The van der Waals surface area contributed by atoms with Gasteiger partial charge in [0.05, 0.1) is 10.6 Å². The Morgan fingerprint density at radius 1 is 1.20 bits per heavy atom. The molecule has 0 unspecified atom stereocenters. The van der Waals surface area contributed by atoms with E-state index in [2.05, 4.69) is 0 Å². The van der Waals surface area contributed by atoms with Gasteiger partial charge in [0.1, 0.15) is 0 Å². The predicted octanol–water partition coefficient (Wildman–Crippen LogP) is 2.42. The Kier molecular flexibility index (Phi) is 5.55. The third-order valence-electron chi connectivity index (χ3n) is 4.92. The number of sulfonamides is 1. The van der Waals surface area contributed by atoms with Gasteiger partial charge in [-0.3, -0.25) is 4.79 Å². The number of amides is 1. The van der Waals surface area contributed by atoms with Crippen molar-refractivity contribution in [1.82, 2.24) is 9.21 Å². The summed E-state index contributed by atoms with van der Waals surface area (Å²) in [4.78, 5) is 14.4. The average Bonchev–Trinajstić information content (AvgIpc) is 3.04. The van der Waals surface area contributed by atoms with Gasteiger partial charge >= 0.3 is 0 Å². The lowest BCUT2D eigenvalue weighted by Crippen LogP contribution is -2.53. The van der Waals surface area contributed by atoms with Gasteiger partial charge in [-0.2, -0.15) is 0 Å². The maximum Gasteiger partial charge on any atom is 0.247 e. The first-order valence-electron chi connectivity index (χ1n) is 8.63. The van der Waals surface area contributed by atoms with Crippen LogP contribution in [0.25, 0.3) is 6.08 Å². The Hall–Kier alpha value is -1.31. The lowest BCUT2D eigenvalue weighted by Gasteiger charge is -2.43. The molecule has 2 fully saturated rings. The molecule has 0 atom stereocenters. The first-order valence-corrected chi connectivity index (χ1v) is 11.2. The fraction of sp³-hybridized carbons (Fsp3) is 0.500. The molecule has 2 heterocycles. The maximum atomic E-state index is 12.7. The molecule has 7 heteroatoms. The third kappa shape index (κ3) is 3.93. The summed E-state index contributed by atoms with van der Waals surface area (Å²) in [6.07, 6.45) is 4.87. The van der Waals surface area contributed by atoms with E-state index in [4.69, 9.17) is 0 Å². The second-order valence-electron chi connectivity index (χ2n) is 6.33. The molecule has 2 aliphatic heterocycles. The van der Waals surface area contributed by atoms with Crippen molar-refractivity contribution in [3.8, 4) is 0 Å². The fourth-order valence-corrected chi connectivity index (χ4v) is 6.02. The van der Waals surface area contributed by atoms with Crippen molar-refractivity contribution in [3.05, 3.63) is 42.0 Å². The van der Waals surface area contributed by atoms with Gasteiger partial charge < -0.3 is 4.90 Å². The van der Waals surface area contributed by atoms with Crippen LogP contribution in [0.1, 0.15) is 25.3 Å². The largest absolute Gasteiger partial charge is 0.324 e. The quantitative estimate of drug-likeness (QED) is 0.753.